The van der Waals surface area contributed by atoms with Gasteiger partial charge in [-0.2, -0.15) is 16.8 Å². The predicted molar refractivity (Wildman–Crippen MR) is 107 cm³/mol. The molecule has 0 unspecified atom stereocenters. The van der Waals surface area contributed by atoms with Gasteiger partial charge in [-0.25, -0.2) is 0 Å². The maximum absolute atomic E-state index is 11.2. The zero-order valence-corrected chi connectivity index (χ0v) is 18.6. The van der Waals surface area contributed by atoms with Crippen molar-refractivity contribution in [3.05, 3.63) is 24.3 Å². The van der Waals surface area contributed by atoms with Crippen molar-refractivity contribution in [2.75, 3.05) is 12.3 Å². The van der Waals surface area contributed by atoms with Crippen molar-refractivity contribution in [3.63, 3.8) is 0 Å². The van der Waals surface area contributed by atoms with Crippen LogP contribution < -0.4 is 10.6 Å². The van der Waals surface area contributed by atoms with E-state index in [1.54, 1.807) is 0 Å². The van der Waals surface area contributed by atoms with Gasteiger partial charge < -0.3 is 10.6 Å². The molecule has 0 aromatic heterocycles. The molecule has 4 N–H and O–H groups in total. The third-order valence-electron chi connectivity index (χ3n) is 3.14. The summed E-state index contributed by atoms with van der Waals surface area (Å²) in [6.45, 7) is 15.3. The highest BCUT2D eigenvalue weighted by Gasteiger charge is 2.32. The first kappa shape index (κ1) is 28.4. The average molecular weight is 443 g/mol. The Labute approximate surface area is 167 Å². The molecule has 0 aromatic carbocycles. The van der Waals surface area contributed by atoms with E-state index in [4.69, 9.17) is 9.11 Å². The molecule has 0 aliphatic heterocycles. The molecule has 0 fully saturated rings. The molecule has 0 saturated heterocycles. The number of nitrogens with one attached hydrogen (secondary N) is 2. The van der Waals surface area contributed by atoms with Crippen LogP contribution in [-0.2, 0) is 29.8 Å². The number of hydrogen-bond donors (Lipinski definition) is 4. The van der Waals surface area contributed by atoms with Crippen molar-refractivity contribution in [1.82, 2.24) is 10.6 Å². The van der Waals surface area contributed by atoms with Crippen LogP contribution in [0.1, 0.15) is 41.5 Å². The van der Waals surface area contributed by atoms with Gasteiger partial charge in [-0.05, 0) is 41.5 Å². The van der Waals surface area contributed by atoms with E-state index in [0.717, 1.165) is 0 Å². The number of hydrogen-bond acceptors (Lipinski definition) is 6. The molecule has 28 heavy (non-hydrogen) atoms. The second-order valence-corrected chi connectivity index (χ2v) is 11.1. The largest absolute Gasteiger partial charge is 0.351 e. The highest BCUT2D eigenvalue weighted by molar-refractivity contribution is 7.87. The Morgan fingerprint density at radius 2 is 1.29 bits per heavy atom. The summed E-state index contributed by atoms with van der Waals surface area (Å²) in [6.07, 6.45) is 0. The van der Waals surface area contributed by atoms with Crippen molar-refractivity contribution in [2.45, 2.75) is 51.8 Å². The van der Waals surface area contributed by atoms with Crippen molar-refractivity contribution in [3.8, 4) is 0 Å². The molecule has 0 bridgehead atoms. The van der Waals surface area contributed by atoms with Gasteiger partial charge in [0.25, 0.3) is 20.2 Å². The van der Waals surface area contributed by atoms with Crippen LogP contribution in [-0.4, -0.2) is 60.3 Å². The fourth-order valence-electron chi connectivity index (χ4n) is 1.44. The Balaban J connectivity index is 0. The van der Waals surface area contributed by atoms with Crippen LogP contribution in [0.25, 0.3) is 0 Å². The van der Waals surface area contributed by atoms with Gasteiger partial charge in [-0.3, -0.25) is 18.7 Å². The monoisotopic (exact) mass is 442 g/mol. The van der Waals surface area contributed by atoms with Gasteiger partial charge in [-0.1, -0.05) is 13.2 Å². The van der Waals surface area contributed by atoms with E-state index in [1.165, 1.54) is 41.5 Å². The first-order valence-corrected chi connectivity index (χ1v) is 11.0. The summed E-state index contributed by atoms with van der Waals surface area (Å²) in [4.78, 5) is 22.2. The van der Waals surface area contributed by atoms with E-state index in [1.807, 2.05) is 0 Å². The van der Waals surface area contributed by atoms with Crippen LogP contribution in [0.2, 0.25) is 0 Å². The predicted octanol–water partition coefficient (Wildman–Crippen LogP) is 0.690. The standard InChI is InChI=1S/2C8H15NO4S/c1-6(2)7(10)9-8(3,4)5-14(11,12)13;1-6(2)7(10)9-5-8(3,4)14(11,12)13/h2*1,5H2,2-4H3,(H,9,10)(H,11,12,13). The lowest BCUT2D eigenvalue weighted by Crippen LogP contribution is -2.48. The van der Waals surface area contributed by atoms with E-state index in [0.29, 0.717) is 0 Å². The smallest absolute Gasteiger partial charge is 0.271 e. The lowest BCUT2D eigenvalue weighted by molar-refractivity contribution is -0.119. The molecule has 10 nitrogen and oxygen atoms in total. The maximum atomic E-state index is 11.2. The molecule has 12 heteroatoms. The molecule has 0 aliphatic rings. The lowest BCUT2D eigenvalue weighted by Gasteiger charge is -2.24. The number of carbonyl (C=O) groups is 2. The summed E-state index contributed by atoms with van der Waals surface area (Å²) in [5.74, 6) is -1.39. The fraction of sp³-hybridized carbons (Fsp3) is 0.625. The van der Waals surface area contributed by atoms with E-state index in [-0.39, 0.29) is 17.7 Å². The summed E-state index contributed by atoms with van der Waals surface area (Å²) in [5, 5.41) is 4.79. The number of amides is 2. The molecule has 0 saturated carbocycles. The number of carbonyl (C=O) groups excluding carboxylic acids is 2. The molecular formula is C16H30N2O8S2. The first-order chi connectivity index (χ1) is 12.1. The zero-order chi connectivity index (χ0) is 23.1. The molecule has 0 spiro atoms. The minimum Gasteiger partial charge on any atom is -0.351 e. The van der Waals surface area contributed by atoms with Crippen LogP contribution in [0.15, 0.2) is 24.3 Å². The fourth-order valence-corrected chi connectivity index (χ4v) is 2.68. The molecular weight excluding hydrogens is 412 g/mol. The van der Waals surface area contributed by atoms with Crippen LogP contribution in [0.4, 0.5) is 0 Å². The molecule has 0 aromatic rings. The SMILES string of the molecule is C=C(C)C(=O)NC(C)(C)CS(=O)(=O)O.C=C(C)C(=O)NCC(C)(C)S(=O)(=O)O. The minimum atomic E-state index is -4.17. The third-order valence-corrected chi connectivity index (χ3v) is 5.77. The van der Waals surface area contributed by atoms with Gasteiger partial charge in [-0.15, -0.1) is 0 Å². The van der Waals surface area contributed by atoms with Gasteiger partial charge in [0.05, 0.1) is 11.3 Å². The van der Waals surface area contributed by atoms with Gasteiger partial charge in [0.15, 0.2) is 0 Å². The van der Waals surface area contributed by atoms with Crippen molar-refractivity contribution in [2.24, 2.45) is 0 Å². The van der Waals surface area contributed by atoms with Crippen LogP contribution in [0.3, 0.4) is 0 Å². The van der Waals surface area contributed by atoms with Gasteiger partial charge in [0.1, 0.15) is 4.75 Å². The second kappa shape index (κ2) is 10.1. The van der Waals surface area contributed by atoms with Gasteiger partial charge in [0.2, 0.25) is 11.8 Å². The van der Waals surface area contributed by atoms with Crippen molar-refractivity contribution >= 4 is 32.1 Å². The Morgan fingerprint density at radius 3 is 1.57 bits per heavy atom. The topological polar surface area (TPSA) is 167 Å². The highest BCUT2D eigenvalue weighted by atomic mass is 32.2. The second-order valence-electron chi connectivity index (χ2n) is 7.54. The molecule has 0 atom stereocenters. The summed E-state index contributed by atoms with van der Waals surface area (Å²) in [5.41, 5.74) is -0.437. The Hall–Kier alpha value is -1.76. The summed E-state index contributed by atoms with van der Waals surface area (Å²) in [6, 6.07) is 0. The number of rotatable bonds is 8. The van der Waals surface area contributed by atoms with E-state index in [2.05, 4.69) is 23.8 Å². The molecule has 0 aliphatic carbocycles. The zero-order valence-electron chi connectivity index (χ0n) is 17.0. The minimum absolute atomic E-state index is 0.155. The molecule has 0 radical (unpaired) electrons. The van der Waals surface area contributed by atoms with Crippen molar-refractivity contribution in [1.29, 1.82) is 0 Å². The van der Waals surface area contributed by atoms with Crippen LogP contribution >= 0.6 is 0 Å². The normalized spacial score (nSPS) is 12.3. The quantitative estimate of drug-likeness (QED) is 0.314. The molecule has 0 heterocycles. The average Bonchev–Trinajstić information content (AvgIpc) is 2.40. The van der Waals surface area contributed by atoms with E-state index in [9.17, 15) is 26.4 Å². The Bertz CT molecular complexity index is 825. The molecule has 2 amide bonds. The van der Waals surface area contributed by atoms with E-state index >= 15 is 0 Å². The summed E-state index contributed by atoms with van der Waals surface area (Å²) >= 11 is 0. The molecule has 164 valence electrons. The summed E-state index contributed by atoms with van der Waals surface area (Å²) in [7, 11) is -8.27. The van der Waals surface area contributed by atoms with Crippen molar-refractivity contribution < 1.29 is 35.5 Å². The Morgan fingerprint density at radius 1 is 0.893 bits per heavy atom. The lowest BCUT2D eigenvalue weighted by atomic mass is 10.1. The van der Waals surface area contributed by atoms with Crippen LogP contribution in [0.5, 0.6) is 0 Å². The molecule has 0 rings (SSSR count). The first-order valence-electron chi connectivity index (χ1n) is 7.95. The van der Waals surface area contributed by atoms with E-state index < -0.39 is 48.1 Å². The van der Waals surface area contributed by atoms with Gasteiger partial charge >= 0.3 is 0 Å². The van der Waals surface area contributed by atoms with Gasteiger partial charge in [0, 0.05) is 17.7 Å². The highest BCUT2D eigenvalue weighted by Crippen LogP contribution is 2.13. The summed E-state index contributed by atoms with van der Waals surface area (Å²) < 4.78 is 58.8. The third kappa shape index (κ3) is 12.6. The maximum Gasteiger partial charge on any atom is 0.271 e. The Kier molecular flexibility index (Phi) is 10.3. The van der Waals surface area contributed by atoms with Crippen LogP contribution in [0, 0.1) is 0 Å².